The van der Waals surface area contributed by atoms with Crippen LogP contribution in [0.4, 0.5) is 5.69 Å². The molecule has 108 valence electrons. The predicted octanol–water partition coefficient (Wildman–Crippen LogP) is 3.27. The second-order valence-electron chi connectivity index (χ2n) is 4.91. The molecule has 1 unspecified atom stereocenters. The second kappa shape index (κ2) is 5.54. The Balaban J connectivity index is 1.96. The standard InChI is InChI=1S/C16H15NO4/c1-20-14-6-7-15-12(10-14)8-9-21-16(15)11-2-4-13(5-3-11)17(18)19/h2-7,10,16H,8-9H2,1H3. The highest BCUT2D eigenvalue weighted by atomic mass is 16.6. The predicted molar refractivity (Wildman–Crippen MR) is 77.6 cm³/mol. The summed E-state index contributed by atoms with van der Waals surface area (Å²) < 4.78 is 11.1. The number of benzene rings is 2. The number of methoxy groups -OCH3 is 1. The summed E-state index contributed by atoms with van der Waals surface area (Å²) in [4.78, 5) is 10.3. The fourth-order valence-electron chi connectivity index (χ4n) is 2.60. The highest BCUT2D eigenvalue weighted by molar-refractivity contribution is 5.44. The molecule has 0 aliphatic carbocycles. The van der Waals surface area contributed by atoms with Crippen molar-refractivity contribution in [1.29, 1.82) is 0 Å². The average molecular weight is 285 g/mol. The Labute approximate surface area is 122 Å². The largest absolute Gasteiger partial charge is 0.497 e. The zero-order chi connectivity index (χ0) is 14.8. The topological polar surface area (TPSA) is 61.6 Å². The van der Waals surface area contributed by atoms with Gasteiger partial charge in [-0.05, 0) is 47.4 Å². The van der Waals surface area contributed by atoms with Crippen LogP contribution >= 0.6 is 0 Å². The number of non-ortho nitro benzene ring substituents is 1. The van der Waals surface area contributed by atoms with E-state index < -0.39 is 4.92 Å². The van der Waals surface area contributed by atoms with Crippen LogP contribution in [-0.2, 0) is 11.2 Å². The number of hydrogen-bond acceptors (Lipinski definition) is 4. The van der Waals surface area contributed by atoms with E-state index in [1.165, 1.54) is 17.7 Å². The summed E-state index contributed by atoms with van der Waals surface area (Å²) in [6, 6.07) is 12.5. The van der Waals surface area contributed by atoms with Gasteiger partial charge in [-0.1, -0.05) is 6.07 Å². The Morgan fingerprint density at radius 3 is 2.67 bits per heavy atom. The van der Waals surface area contributed by atoms with Crippen molar-refractivity contribution in [2.45, 2.75) is 12.5 Å². The molecule has 0 spiro atoms. The minimum atomic E-state index is -0.398. The molecule has 0 aromatic heterocycles. The summed E-state index contributed by atoms with van der Waals surface area (Å²) in [7, 11) is 1.65. The van der Waals surface area contributed by atoms with Crippen LogP contribution in [-0.4, -0.2) is 18.6 Å². The van der Waals surface area contributed by atoms with E-state index in [2.05, 4.69) is 0 Å². The zero-order valence-corrected chi connectivity index (χ0v) is 11.6. The monoisotopic (exact) mass is 285 g/mol. The van der Waals surface area contributed by atoms with E-state index in [4.69, 9.17) is 9.47 Å². The van der Waals surface area contributed by atoms with Crippen molar-refractivity contribution in [2.75, 3.05) is 13.7 Å². The third kappa shape index (κ3) is 2.60. The normalized spacial score (nSPS) is 17.1. The fraction of sp³-hybridized carbons (Fsp3) is 0.250. The van der Waals surface area contributed by atoms with E-state index >= 15 is 0 Å². The maximum atomic E-state index is 10.7. The Morgan fingerprint density at radius 1 is 1.24 bits per heavy atom. The van der Waals surface area contributed by atoms with Crippen LogP contribution in [0.25, 0.3) is 0 Å². The quantitative estimate of drug-likeness (QED) is 0.641. The van der Waals surface area contributed by atoms with Crippen LogP contribution < -0.4 is 4.74 Å². The third-order valence-corrected chi connectivity index (χ3v) is 3.70. The van der Waals surface area contributed by atoms with Gasteiger partial charge in [0.2, 0.25) is 0 Å². The summed E-state index contributed by atoms with van der Waals surface area (Å²) in [5.41, 5.74) is 3.30. The summed E-state index contributed by atoms with van der Waals surface area (Å²) in [6.45, 7) is 0.627. The molecule has 3 rings (SSSR count). The van der Waals surface area contributed by atoms with Gasteiger partial charge < -0.3 is 9.47 Å². The lowest BCUT2D eigenvalue weighted by molar-refractivity contribution is -0.384. The lowest BCUT2D eigenvalue weighted by Crippen LogP contribution is -2.17. The molecule has 0 N–H and O–H groups in total. The number of rotatable bonds is 3. The van der Waals surface area contributed by atoms with Crippen molar-refractivity contribution < 1.29 is 14.4 Å². The van der Waals surface area contributed by atoms with Gasteiger partial charge in [-0.2, -0.15) is 0 Å². The van der Waals surface area contributed by atoms with Crippen LogP contribution in [0.3, 0.4) is 0 Å². The minimum Gasteiger partial charge on any atom is -0.497 e. The summed E-state index contributed by atoms with van der Waals surface area (Å²) in [5, 5.41) is 10.7. The van der Waals surface area contributed by atoms with Crippen LogP contribution in [0.15, 0.2) is 42.5 Å². The summed E-state index contributed by atoms with van der Waals surface area (Å²) in [6.07, 6.45) is 0.663. The molecular formula is C16H15NO4. The molecule has 0 saturated heterocycles. The van der Waals surface area contributed by atoms with Gasteiger partial charge in [-0.3, -0.25) is 10.1 Å². The maximum Gasteiger partial charge on any atom is 0.269 e. The molecule has 0 radical (unpaired) electrons. The summed E-state index contributed by atoms with van der Waals surface area (Å²) in [5.74, 6) is 0.832. The molecule has 2 aromatic rings. The van der Waals surface area contributed by atoms with Gasteiger partial charge in [-0.15, -0.1) is 0 Å². The zero-order valence-electron chi connectivity index (χ0n) is 11.6. The van der Waals surface area contributed by atoms with E-state index in [9.17, 15) is 10.1 Å². The molecule has 1 aliphatic heterocycles. The van der Waals surface area contributed by atoms with E-state index in [0.29, 0.717) is 6.61 Å². The molecule has 0 fully saturated rings. The number of nitrogens with zero attached hydrogens (tertiary/aromatic N) is 1. The first kappa shape index (κ1) is 13.6. The van der Waals surface area contributed by atoms with Crippen molar-refractivity contribution in [3.63, 3.8) is 0 Å². The van der Waals surface area contributed by atoms with Crippen molar-refractivity contribution in [2.24, 2.45) is 0 Å². The van der Waals surface area contributed by atoms with E-state index in [-0.39, 0.29) is 11.8 Å². The summed E-state index contributed by atoms with van der Waals surface area (Å²) >= 11 is 0. The van der Waals surface area contributed by atoms with Gasteiger partial charge in [0.15, 0.2) is 0 Å². The molecule has 5 heteroatoms. The Kier molecular flexibility index (Phi) is 3.58. The molecule has 1 atom stereocenters. The highest BCUT2D eigenvalue weighted by Crippen LogP contribution is 2.35. The molecule has 1 heterocycles. The van der Waals surface area contributed by atoms with Crippen LogP contribution in [0, 0.1) is 10.1 Å². The molecule has 2 aromatic carbocycles. The molecule has 5 nitrogen and oxygen atoms in total. The van der Waals surface area contributed by atoms with E-state index in [0.717, 1.165) is 23.3 Å². The second-order valence-corrected chi connectivity index (χ2v) is 4.91. The van der Waals surface area contributed by atoms with Gasteiger partial charge in [0.1, 0.15) is 11.9 Å². The first-order chi connectivity index (χ1) is 10.2. The highest BCUT2D eigenvalue weighted by Gasteiger charge is 2.23. The lowest BCUT2D eigenvalue weighted by Gasteiger charge is -2.26. The molecule has 0 amide bonds. The van der Waals surface area contributed by atoms with Crippen molar-refractivity contribution in [1.82, 2.24) is 0 Å². The van der Waals surface area contributed by atoms with Crippen molar-refractivity contribution in [3.8, 4) is 5.75 Å². The van der Waals surface area contributed by atoms with E-state index in [1.807, 2.05) is 18.2 Å². The minimum absolute atomic E-state index is 0.0875. The Bertz CT molecular complexity index is 666. The Hall–Kier alpha value is -2.40. The number of ether oxygens (including phenoxy) is 2. The lowest BCUT2D eigenvalue weighted by atomic mass is 9.93. The van der Waals surface area contributed by atoms with Crippen molar-refractivity contribution >= 4 is 5.69 Å². The smallest absolute Gasteiger partial charge is 0.269 e. The molecular weight excluding hydrogens is 270 g/mol. The van der Waals surface area contributed by atoms with E-state index in [1.54, 1.807) is 19.2 Å². The van der Waals surface area contributed by atoms with Gasteiger partial charge >= 0.3 is 0 Å². The van der Waals surface area contributed by atoms with Crippen LogP contribution in [0.5, 0.6) is 5.75 Å². The van der Waals surface area contributed by atoms with Crippen molar-refractivity contribution in [3.05, 3.63) is 69.3 Å². The number of fused-ring (bicyclic) bond motifs is 1. The number of hydrogen-bond donors (Lipinski definition) is 0. The first-order valence-corrected chi connectivity index (χ1v) is 6.72. The molecule has 21 heavy (non-hydrogen) atoms. The molecule has 0 saturated carbocycles. The van der Waals surface area contributed by atoms with Gasteiger partial charge in [0.25, 0.3) is 5.69 Å². The maximum absolute atomic E-state index is 10.7. The number of nitro benzene ring substituents is 1. The Morgan fingerprint density at radius 2 is 2.00 bits per heavy atom. The average Bonchev–Trinajstić information content (AvgIpc) is 2.53. The SMILES string of the molecule is COc1ccc2c(c1)CCOC2c1ccc([N+](=O)[O-])cc1. The van der Waals surface area contributed by atoms with Gasteiger partial charge in [0.05, 0.1) is 18.6 Å². The van der Waals surface area contributed by atoms with Crippen LogP contribution in [0.1, 0.15) is 22.8 Å². The first-order valence-electron chi connectivity index (χ1n) is 6.72. The molecule has 0 bridgehead atoms. The third-order valence-electron chi connectivity index (χ3n) is 3.70. The van der Waals surface area contributed by atoms with Crippen LogP contribution in [0.2, 0.25) is 0 Å². The van der Waals surface area contributed by atoms with Gasteiger partial charge in [0, 0.05) is 12.1 Å². The number of nitro groups is 1. The fourth-order valence-corrected chi connectivity index (χ4v) is 2.60. The van der Waals surface area contributed by atoms with Gasteiger partial charge in [-0.25, -0.2) is 0 Å². The molecule has 1 aliphatic rings.